The van der Waals surface area contributed by atoms with Gasteiger partial charge in [-0.15, -0.1) is 11.8 Å². The molecule has 176 valence electrons. The van der Waals surface area contributed by atoms with Crippen molar-refractivity contribution in [3.05, 3.63) is 77.9 Å². The Hall–Kier alpha value is -3.98. The van der Waals surface area contributed by atoms with Crippen LogP contribution in [0.2, 0.25) is 0 Å². The molecule has 0 bridgehead atoms. The molecule has 0 aliphatic rings. The maximum Gasteiger partial charge on any atom is 0.335 e. The average molecular weight is 481 g/mol. The van der Waals surface area contributed by atoms with Crippen molar-refractivity contribution >= 4 is 40.9 Å². The zero-order valence-corrected chi connectivity index (χ0v) is 19.6. The van der Waals surface area contributed by atoms with Gasteiger partial charge in [-0.05, 0) is 67.6 Å². The van der Waals surface area contributed by atoms with E-state index in [4.69, 9.17) is 14.6 Å². The molecular weight excluding hydrogens is 456 g/mol. The average Bonchev–Trinajstić information content (AvgIpc) is 2.84. The summed E-state index contributed by atoms with van der Waals surface area (Å²) in [4.78, 5) is 37.0. The van der Waals surface area contributed by atoms with Gasteiger partial charge in [0.1, 0.15) is 0 Å². The van der Waals surface area contributed by atoms with Crippen LogP contribution in [0.25, 0.3) is 0 Å². The Kier molecular flexibility index (Phi) is 8.15. The van der Waals surface area contributed by atoms with Crippen LogP contribution >= 0.6 is 11.8 Å². The molecule has 3 aromatic rings. The zero-order valence-electron chi connectivity index (χ0n) is 18.8. The molecule has 9 heteroatoms. The monoisotopic (exact) mass is 480 g/mol. The maximum atomic E-state index is 12.6. The number of methoxy groups -OCH3 is 2. The Morgan fingerprint density at radius 2 is 1.53 bits per heavy atom. The molecule has 0 saturated heterocycles. The molecular formula is C25H24N2O6S. The first-order valence-corrected chi connectivity index (χ1v) is 11.1. The molecule has 0 radical (unpaired) electrons. The fourth-order valence-electron chi connectivity index (χ4n) is 3.03. The van der Waals surface area contributed by atoms with Gasteiger partial charge in [0.2, 0.25) is 5.91 Å². The summed E-state index contributed by atoms with van der Waals surface area (Å²) in [5.41, 5.74) is 1.55. The van der Waals surface area contributed by atoms with E-state index in [-0.39, 0.29) is 17.4 Å². The molecule has 0 fully saturated rings. The summed E-state index contributed by atoms with van der Waals surface area (Å²) < 4.78 is 10.4. The molecule has 8 nitrogen and oxygen atoms in total. The number of ether oxygens (including phenoxy) is 2. The number of benzene rings is 3. The summed E-state index contributed by atoms with van der Waals surface area (Å²) >= 11 is 1.34. The molecule has 3 N–H and O–H groups in total. The van der Waals surface area contributed by atoms with Gasteiger partial charge in [0, 0.05) is 21.8 Å². The van der Waals surface area contributed by atoms with Crippen molar-refractivity contribution in [2.45, 2.75) is 17.1 Å². The van der Waals surface area contributed by atoms with Crippen molar-refractivity contribution in [2.24, 2.45) is 0 Å². The van der Waals surface area contributed by atoms with Gasteiger partial charge in [-0.2, -0.15) is 0 Å². The van der Waals surface area contributed by atoms with E-state index >= 15 is 0 Å². The third-order valence-electron chi connectivity index (χ3n) is 4.82. The van der Waals surface area contributed by atoms with Crippen LogP contribution in [0, 0.1) is 0 Å². The molecule has 0 aliphatic heterocycles. The predicted octanol–water partition coefficient (Wildman–Crippen LogP) is 4.77. The van der Waals surface area contributed by atoms with Crippen molar-refractivity contribution in [2.75, 3.05) is 24.9 Å². The Morgan fingerprint density at radius 1 is 0.824 bits per heavy atom. The van der Waals surface area contributed by atoms with Crippen molar-refractivity contribution in [1.82, 2.24) is 0 Å². The van der Waals surface area contributed by atoms with Crippen LogP contribution in [-0.4, -0.2) is 42.4 Å². The van der Waals surface area contributed by atoms with Crippen LogP contribution in [0.5, 0.6) is 11.5 Å². The van der Waals surface area contributed by atoms with Gasteiger partial charge >= 0.3 is 5.97 Å². The lowest BCUT2D eigenvalue weighted by atomic mass is 10.2. The largest absolute Gasteiger partial charge is 0.493 e. The van der Waals surface area contributed by atoms with E-state index in [0.29, 0.717) is 28.4 Å². The normalized spacial score (nSPS) is 11.3. The smallest absolute Gasteiger partial charge is 0.335 e. The van der Waals surface area contributed by atoms with E-state index in [1.807, 2.05) is 12.1 Å². The molecule has 3 rings (SSSR count). The highest BCUT2D eigenvalue weighted by Crippen LogP contribution is 2.29. The number of nitrogens with one attached hydrogen (secondary N) is 2. The minimum atomic E-state index is -1.06. The Bertz CT molecular complexity index is 1200. The van der Waals surface area contributed by atoms with E-state index in [9.17, 15) is 14.4 Å². The molecule has 0 heterocycles. The van der Waals surface area contributed by atoms with E-state index in [0.717, 1.165) is 4.90 Å². The van der Waals surface area contributed by atoms with Gasteiger partial charge in [0.05, 0.1) is 25.0 Å². The minimum Gasteiger partial charge on any atom is -0.493 e. The lowest BCUT2D eigenvalue weighted by Gasteiger charge is -2.13. The number of rotatable bonds is 9. The van der Waals surface area contributed by atoms with E-state index in [1.165, 1.54) is 38.1 Å². The molecule has 3 aromatic carbocycles. The van der Waals surface area contributed by atoms with Gasteiger partial charge in [-0.3, -0.25) is 9.59 Å². The first-order valence-electron chi connectivity index (χ1n) is 10.2. The fraction of sp³-hybridized carbons (Fsp3) is 0.160. The number of hydrogen-bond acceptors (Lipinski definition) is 6. The number of carbonyl (C=O) groups is 3. The quantitative estimate of drug-likeness (QED) is 0.378. The Labute approximate surface area is 201 Å². The first kappa shape index (κ1) is 24.7. The molecule has 1 atom stereocenters. The van der Waals surface area contributed by atoms with Gasteiger partial charge < -0.3 is 25.2 Å². The second-order valence-electron chi connectivity index (χ2n) is 7.18. The standard InChI is InChI=1S/C25H24N2O6S/c1-15(23(28)27-19-6-4-5-17(13-19)25(30)31)34-20-10-8-18(9-11-20)26-24(29)16-7-12-21(32-2)22(14-16)33-3/h4-15H,1-3H3,(H,26,29)(H,27,28)(H,30,31). The highest BCUT2D eigenvalue weighted by Gasteiger charge is 2.16. The third kappa shape index (κ3) is 6.29. The van der Waals surface area contributed by atoms with Crippen molar-refractivity contribution in [3.63, 3.8) is 0 Å². The molecule has 0 saturated carbocycles. The van der Waals surface area contributed by atoms with Crippen LogP contribution < -0.4 is 20.1 Å². The Balaban J connectivity index is 1.59. The SMILES string of the molecule is COc1ccc(C(=O)Nc2ccc(SC(C)C(=O)Nc3cccc(C(=O)O)c3)cc2)cc1OC. The van der Waals surface area contributed by atoms with Gasteiger partial charge in [-0.1, -0.05) is 6.07 Å². The van der Waals surface area contributed by atoms with Gasteiger partial charge in [0.15, 0.2) is 11.5 Å². The second-order valence-corrected chi connectivity index (χ2v) is 8.60. The van der Waals surface area contributed by atoms with Crippen LogP contribution in [-0.2, 0) is 4.79 Å². The number of anilines is 2. The minimum absolute atomic E-state index is 0.101. The second kappa shape index (κ2) is 11.2. The number of aromatic carboxylic acids is 1. The fourth-order valence-corrected chi connectivity index (χ4v) is 3.90. The van der Waals surface area contributed by atoms with Crippen molar-refractivity contribution < 1.29 is 29.0 Å². The summed E-state index contributed by atoms with van der Waals surface area (Å²) in [5, 5.41) is 14.2. The molecule has 0 aromatic heterocycles. The molecule has 1 unspecified atom stereocenters. The van der Waals surface area contributed by atoms with Crippen LogP contribution in [0.3, 0.4) is 0 Å². The van der Waals surface area contributed by atoms with E-state index < -0.39 is 11.2 Å². The summed E-state index contributed by atoms with van der Waals surface area (Å²) in [5.74, 6) is -0.607. The highest BCUT2D eigenvalue weighted by molar-refractivity contribution is 8.00. The number of thioether (sulfide) groups is 1. The zero-order chi connectivity index (χ0) is 24.7. The number of carboxylic acid groups (broad SMARTS) is 1. The predicted molar refractivity (Wildman–Crippen MR) is 131 cm³/mol. The lowest BCUT2D eigenvalue weighted by Crippen LogP contribution is -2.22. The first-order chi connectivity index (χ1) is 16.3. The molecule has 0 spiro atoms. The maximum absolute atomic E-state index is 12.6. The summed E-state index contributed by atoms with van der Waals surface area (Å²) in [6.45, 7) is 1.76. The molecule has 0 aliphatic carbocycles. The summed E-state index contributed by atoms with van der Waals surface area (Å²) in [6, 6.07) is 18.1. The number of carboxylic acids is 1. The van der Waals surface area contributed by atoms with Gasteiger partial charge in [0.25, 0.3) is 5.91 Å². The van der Waals surface area contributed by atoms with Crippen molar-refractivity contribution in [1.29, 1.82) is 0 Å². The summed E-state index contributed by atoms with van der Waals surface area (Å²) in [7, 11) is 3.03. The molecule has 2 amide bonds. The van der Waals surface area contributed by atoms with Gasteiger partial charge in [-0.25, -0.2) is 4.79 Å². The van der Waals surface area contributed by atoms with Crippen LogP contribution in [0.15, 0.2) is 71.6 Å². The number of carbonyl (C=O) groups excluding carboxylic acids is 2. The van der Waals surface area contributed by atoms with E-state index in [1.54, 1.807) is 49.4 Å². The topological polar surface area (TPSA) is 114 Å². The Morgan fingerprint density at radius 3 is 2.18 bits per heavy atom. The lowest BCUT2D eigenvalue weighted by molar-refractivity contribution is -0.115. The number of amides is 2. The summed E-state index contributed by atoms with van der Waals surface area (Å²) in [6.07, 6.45) is 0. The van der Waals surface area contributed by atoms with Crippen LogP contribution in [0.1, 0.15) is 27.6 Å². The van der Waals surface area contributed by atoms with Crippen molar-refractivity contribution in [3.8, 4) is 11.5 Å². The molecule has 34 heavy (non-hydrogen) atoms. The third-order valence-corrected chi connectivity index (χ3v) is 5.93. The van der Waals surface area contributed by atoms with Crippen LogP contribution in [0.4, 0.5) is 11.4 Å². The van der Waals surface area contributed by atoms with E-state index in [2.05, 4.69) is 10.6 Å². The number of hydrogen-bond donors (Lipinski definition) is 3. The highest BCUT2D eigenvalue weighted by atomic mass is 32.2.